The van der Waals surface area contributed by atoms with E-state index in [0.717, 1.165) is 16.8 Å². The molecular weight excluding hydrogens is 567 g/mol. The minimum Gasteiger partial charge on any atom is -0.496 e. The molecule has 0 bridgehead atoms. The predicted molar refractivity (Wildman–Crippen MR) is 167 cm³/mol. The maximum Gasteiger partial charge on any atom is 0.309 e. The van der Waals surface area contributed by atoms with Gasteiger partial charge in [-0.25, -0.2) is 4.39 Å². The average Bonchev–Trinajstić information content (AvgIpc) is 2.93. The second-order valence-corrected chi connectivity index (χ2v) is 12.4. The van der Waals surface area contributed by atoms with E-state index in [0.29, 0.717) is 34.1 Å². The van der Waals surface area contributed by atoms with Gasteiger partial charge in [-0.2, -0.15) is 0 Å². The number of carbonyl (C=O) groups excluding carboxylic acids is 2. The summed E-state index contributed by atoms with van der Waals surface area (Å²) in [5.41, 5.74) is 2.86. The highest BCUT2D eigenvalue weighted by Gasteiger charge is 2.38. The number of rotatable bonds is 10. The van der Waals surface area contributed by atoms with E-state index in [1.807, 2.05) is 39.0 Å². The standard InChI is InChI=1S/C34H41FN2O7/c1-20-9-10-21(35)15-28(20)43-19-26-24(13-14-27-31(26)37(7)32(40)34(5,6)36-27)25-12-11-23(17-29(25)41-8)42-18-22(38)16-30(39)44-33(2,3)4/h9-15,17,22,36,38H,16,18-19H2,1-8H3. The lowest BCUT2D eigenvalue weighted by Crippen LogP contribution is -2.52. The van der Waals surface area contributed by atoms with Crippen LogP contribution in [-0.2, 0) is 20.9 Å². The summed E-state index contributed by atoms with van der Waals surface area (Å²) in [6.07, 6.45) is -1.26. The Kier molecular flexibility index (Phi) is 9.44. The first kappa shape index (κ1) is 32.6. The first-order chi connectivity index (χ1) is 20.6. The lowest BCUT2D eigenvalue weighted by molar-refractivity contribution is -0.157. The number of ether oxygens (including phenoxy) is 4. The van der Waals surface area contributed by atoms with Gasteiger partial charge >= 0.3 is 5.97 Å². The summed E-state index contributed by atoms with van der Waals surface area (Å²) in [6.45, 7) is 10.7. The number of benzene rings is 3. The zero-order valence-corrected chi connectivity index (χ0v) is 26.5. The van der Waals surface area contributed by atoms with Crippen LogP contribution in [0.15, 0.2) is 48.5 Å². The van der Waals surface area contributed by atoms with E-state index in [2.05, 4.69) is 5.32 Å². The number of amides is 1. The van der Waals surface area contributed by atoms with E-state index < -0.39 is 29.0 Å². The molecule has 3 aromatic carbocycles. The summed E-state index contributed by atoms with van der Waals surface area (Å²) in [6, 6.07) is 13.4. The number of methoxy groups -OCH3 is 1. The fourth-order valence-corrected chi connectivity index (χ4v) is 5.12. The Morgan fingerprint density at radius 1 is 1.05 bits per heavy atom. The van der Waals surface area contributed by atoms with E-state index in [1.54, 1.807) is 50.9 Å². The highest BCUT2D eigenvalue weighted by atomic mass is 19.1. The summed E-state index contributed by atoms with van der Waals surface area (Å²) in [5, 5.41) is 13.7. The molecule has 1 unspecified atom stereocenters. The van der Waals surface area contributed by atoms with Gasteiger partial charge < -0.3 is 34.3 Å². The van der Waals surface area contributed by atoms with Crippen LogP contribution in [0, 0.1) is 12.7 Å². The topological polar surface area (TPSA) is 107 Å². The van der Waals surface area contributed by atoms with E-state index in [4.69, 9.17) is 18.9 Å². The lowest BCUT2D eigenvalue weighted by Gasteiger charge is -2.39. The normalized spacial score (nSPS) is 14.8. The van der Waals surface area contributed by atoms with Crippen molar-refractivity contribution in [3.05, 3.63) is 65.5 Å². The molecule has 0 saturated heterocycles. The highest BCUT2D eigenvalue weighted by Crippen LogP contribution is 2.45. The summed E-state index contributed by atoms with van der Waals surface area (Å²) in [4.78, 5) is 27.0. The van der Waals surface area contributed by atoms with Gasteiger partial charge in [-0.15, -0.1) is 0 Å². The van der Waals surface area contributed by atoms with Gasteiger partial charge in [-0.05, 0) is 76.9 Å². The summed E-state index contributed by atoms with van der Waals surface area (Å²) >= 11 is 0. The Bertz CT molecular complexity index is 1550. The van der Waals surface area contributed by atoms with Crippen molar-refractivity contribution >= 4 is 23.3 Å². The Balaban J connectivity index is 1.67. The van der Waals surface area contributed by atoms with Crippen LogP contribution in [-0.4, -0.2) is 55.0 Å². The van der Waals surface area contributed by atoms with Gasteiger partial charge in [0, 0.05) is 30.3 Å². The van der Waals surface area contributed by atoms with Crippen LogP contribution < -0.4 is 24.4 Å². The zero-order valence-electron chi connectivity index (χ0n) is 26.5. The van der Waals surface area contributed by atoms with Gasteiger partial charge in [0.05, 0.1) is 31.0 Å². The van der Waals surface area contributed by atoms with Gasteiger partial charge in [0.25, 0.3) is 5.91 Å². The van der Waals surface area contributed by atoms with E-state index in [1.165, 1.54) is 19.2 Å². The molecule has 1 heterocycles. The van der Waals surface area contributed by atoms with Gasteiger partial charge in [0.1, 0.15) is 47.4 Å². The lowest BCUT2D eigenvalue weighted by atomic mass is 9.91. The molecular formula is C34H41FN2O7. The van der Waals surface area contributed by atoms with Crippen LogP contribution in [0.5, 0.6) is 17.2 Å². The molecule has 0 aliphatic carbocycles. The van der Waals surface area contributed by atoms with Crippen LogP contribution in [0.3, 0.4) is 0 Å². The van der Waals surface area contributed by atoms with Crippen LogP contribution in [0.4, 0.5) is 15.8 Å². The third-order valence-electron chi connectivity index (χ3n) is 7.15. The van der Waals surface area contributed by atoms with Gasteiger partial charge in [0.15, 0.2) is 0 Å². The van der Waals surface area contributed by atoms with Crippen molar-refractivity contribution < 1.29 is 38.0 Å². The number of aliphatic hydroxyl groups excluding tert-OH is 1. The van der Waals surface area contributed by atoms with Crippen molar-refractivity contribution in [3.8, 4) is 28.4 Å². The van der Waals surface area contributed by atoms with E-state index in [-0.39, 0.29) is 25.5 Å². The Labute approximate surface area is 257 Å². The molecule has 9 nitrogen and oxygen atoms in total. The van der Waals surface area contributed by atoms with Crippen LogP contribution >= 0.6 is 0 Å². The molecule has 1 amide bonds. The average molecular weight is 609 g/mol. The third-order valence-corrected chi connectivity index (χ3v) is 7.15. The smallest absolute Gasteiger partial charge is 0.309 e. The maximum atomic E-state index is 14.1. The first-order valence-corrected chi connectivity index (χ1v) is 14.4. The minimum absolute atomic E-state index is 0.0425. The van der Waals surface area contributed by atoms with Crippen molar-refractivity contribution in [3.63, 3.8) is 0 Å². The fraction of sp³-hybridized carbons (Fsp3) is 0.412. The minimum atomic E-state index is -1.06. The molecule has 10 heteroatoms. The van der Waals surface area contributed by atoms with E-state index >= 15 is 0 Å². The number of halogens is 1. The Morgan fingerprint density at radius 2 is 1.75 bits per heavy atom. The zero-order chi connectivity index (χ0) is 32.4. The molecule has 4 rings (SSSR count). The number of fused-ring (bicyclic) bond motifs is 1. The number of nitrogens with zero attached hydrogens (tertiary/aromatic N) is 1. The number of aliphatic hydroxyl groups is 1. The molecule has 0 aromatic heterocycles. The Morgan fingerprint density at radius 3 is 2.43 bits per heavy atom. The monoisotopic (exact) mass is 608 g/mol. The number of carbonyl (C=O) groups is 2. The SMILES string of the molecule is COc1cc(OCC(O)CC(=O)OC(C)(C)C)ccc1-c1ccc2c(c1COc1cc(F)ccc1C)N(C)C(=O)C(C)(C)N2. The van der Waals surface area contributed by atoms with Crippen LogP contribution in [0.25, 0.3) is 11.1 Å². The third kappa shape index (κ3) is 7.42. The number of likely N-dealkylation sites (N-methyl/N-ethyl adjacent to an activating group) is 1. The molecule has 3 aromatic rings. The van der Waals surface area contributed by atoms with E-state index in [9.17, 15) is 19.1 Å². The largest absolute Gasteiger partial charge is 0.496 e. The number of hydrogen-bond donors (Lipinski definition) is 2. The number of hydrogen-bond acceptors (Lipinski definition) is 8. The number of esters is 1. The summed E-state index contributed by atoms with van der Waals surface area (Å²) in [7, 11) is 3.26. The van der Waals surface area contributed by atoms with Crippen molar-refractivity contribution in [2.24, 2.45) is 0 Å². The molecule has 2 N–H and O–H groups in total. The van der Waals surface area contributed by atoms with Crippen molar-refractivity contribution in [2.45, 2.75) is 71.8 Å². The molecule has 1 aliphatic rings. The molecule has 0 saturated carbocycles. The molecule has 0 radical (unpaired) electrons. The molecule has 1 atom stereocenters. The summed E-state index contributed by atoms with van der Waals surface area (Å²) < 4.78 is 37.0. The first-order valence-electron chi connectivity index (χ1n) is 14.4. The van der Waals surface area contributed by atoms with Crippen molar-refractivity contribution in [1.29, 1.82) is 0 Å². The Hall–Kier alpha value is -4.31. The molecule has 44 heavy (non-hydrogen) atoms. The molecule has 0 fully saturated rings. The maximum absolute atomic E-state index is 14.1. The molecule has 0 spiro atoms. The van der Waals surface area contributed by atoms with Gasteiger partial charge in [0.2, 0.25) is 0 Å². The van der Waals surface area contributed by atoms with Crippen LogP contribution in [0.1, 0.15) is 52.2 Å². The second-order valence-electron chi connectivity index (χ2n) is 12.4. The highest BCUT2D eigenvalue weighted by molar-refractivity contribution is 6.08. The fourth-order valence-electron chi connectivity index (χ4n) is 5.12. The van der Waals surface area contributed by atoms with Gasteiger partial charge in [-0.1, -0.05) is 12.1 Å². The molecule has 236 valence electrons. The van der Waals surface area contributed by atoms with Crippen molar-refractivity contribution in [1.82, 2.24) is 0 Å². The van der Waals surface area contributed by atoms with Gasteiger partial charge in [-0.3, -0.25) is 9.59 Å². The number of anilines is 2. The second kappa shape index (κ2) is 12.7. The summed E-state index contributed by atoms with van der Waals surface area (Å²) in [5.74, 6) is 0.253. The number of aryl methyl sites for hydroxylation is 1. The van der Waals surface area contributed by atoms with Crippen LogP contribution in [0.2, 0.25) is 0 Å². The van der Waals surface area contributed by atoms with Crippen molar-refractivity contribution in [2.75, 3.05) is 31.0 Å². The molecule has 1 aliphatic heterocycles. The predicted octanol–water partition coefficient (Wildman–Crippen LogP) is 6.03. The quantitative estimate of drug-likeness (QED) is 0.269. The number of nitrogens with one attached hydrogen (secondary N) is 1.